The molecule has 0 unspecified atom stereocenters. The lowest BCUT2D eigenvalue weighted by Crippen LogP contribution is -2.27. The maximum atomic E-state index is 14.2. The molecule has 3 N–H and O–H groups in total. The molecule has 9 heteroatoms. The number of anilines is 1. The van der Waals surface area contributed by atoms with Crippen LogP contribution < -0.4 is 20.5 Å². The average molecular weight is 446 g/mol. The largest absolute Gasteiger partial charge is 0.454 e. The van der Waals surface area contributed by atoms with Gasteiger partial charge in [0.05, 0.1) is 11.5 Å². The maximum Gasteiger partial charge on any atom is 0.236 e. The first-order valence-electron chi connectivity index (χ1n) is 9.34. The number of hydrogen-bond donors (Lipinski definition) is 2. The molecule has 1 atom stereocenters. The van der Waals surface area contributed by atoms with Crippen LogP contribution in [0.1, 0.15) is 34.9 Å². The van der Waals surface area contributed by atoms with E-state index in [1.165, 1.54) is 17.4 Å². The van der Waals surface area contributed by atoms with Crippen molar-refractivity contribution in [2.75, 3.05) is 12.1 Å². The number of nitrogens with zero attached hydrogens (tertiary/aromatic N) is 1. The standard InChI is InChI=1S/C21H17ClFN3O3S/c22-12-2-3-13(14(23)8-12)18(24)17-9-25-20(30-17)26-19(27)21(5-6-21)11-1-4-15-16(7-11)29-10-28-15/h1-4,7-9,18H,5-6,10,24H2,(H,25,26,27)/t18-/m0/s1. The first-order chi connectivity index (χ1) is 14.5. The molecule has 5 rings (SSSR count). The molecule has 30 heavy (non-hydrogen) atoms. The average Bonchev–Trinajstić information content (AvgIpc) is 3.18. The number of rotatable bonds is 5. The van der Waals surface area contributed by atoms with Crippen molar-refractivity contribution in [3.63, 3.8) is 0 Å². The second-order valence-corrected chi connectivity index (χ2v) is 8.81. The lowest BCUT2D eigenvalue weighted by Gasteiger charge is -2.15. The summed E-state index contributed by atoms with van der Waals surface area (Å²) in [6.07, 6.45) is 3.04. The van der Waals surface area contributed by atoms with Gasteiger partial charge in [0.1, 0.15) is 5.82 Å². The Balaban J connectivity index is 1.33. The zero-order chi connectivity index (χ0) is 20.9. The highest BCUT2D eigenvalue weighted by Crippen LogP contribution is 2.51. The Morgan fingerprint density at radius 2 is 2.03 bits per heavy atom. The van der Waals surface area contributed by atoms with Crippen LogP contribution in [0.25, 0.3) is 0 Å². The fourth-order valence-corrected chi connectivity index (χ4v) is 4.57. The van der Waals surface area contributed by atoms with Gasteiger partial charge in [0, 0.05) is 21.7 Å². The molecule has 0 bridgehead atoms. The number of carbonyl (C=O) groups is 1. The summed E-state index contributed by atoms with van der Waals surface area (Å²) in [5.41, 5.74) is 6.81. The normalized spacial score (nSPS) is 16.9. The van der Waals surface area contributed by atoms with Crippen molar-refractivity contribution in [1.29, 1.82) is 0 Å². The number of nitrogens with one attached hydrogen (secondary N) is 1. The van der Waals surface area contributed by atoms with Crippen LogP contribution in [-0.2, 0) is 10.2 Å². The van der Waals surface area contributed by atoms with Gasteiger partial charge in [-0.1, -0.05) is 35.1 Å². The van der Waals surface area contributed by atoms with E-state index in [-0.39, 0.29) is 12.7 Å². The van der Waals surface area contributed by atoms with Crippen LogP contribution in [-0.4, -0.2) is 17.7 Å². The van der Waals surface area contributed by atoms with Gasteiger partial charge in [-0.25, -0.2) is 9.37 Å². The molecule has 1 amide bonds. The van der Waals surface area contributed by atoms with Crippen molar-refractivity contribution in [3.05, 3.63) is 69.4 Å². The van der Waals surface area contributed by atoms with E-state index < -0.39 is 17.3 Å². The zero-order valence-electron chi connectivity index (χ0n) is 15.7. The van der Waals surface area contributed by atoms with E-state index in [1.54, 1.807) is 18.3 Å². The number of fused-ring (bicyclic) bond motifs is 1. The second-order valence-electron chi connectivity index (χ2n) is 7.32. The minimum Gasteiger partial charge on any atom is -0.454 e. The van der Waals surface area contributed by atoms with Crippen molar-refractivity contribution < 1.29 is 18.7 Å². The highest BCUT2D eigenvalue weighted by atomic mass is 35.5. The SMILES string of the molecule is N[C@H](c1cnc(NC(=O)C2(c3ccc4c(c3)OCO4)CC2)s1)c1ccc(Cl)cc1F. The lowest BCUT2D eigenvalue weighted by atomic mass is 9.94. The summed E-state index contributed by atoms with van der Waals surface area (Å²) >= 11 is 7.03. The minimum absolute atomic E-state index is 0.131. The molecule has 1 aliphatic carbocycles. The van der Waals surface area contributed by atoms with Crippen LogP contribution >= 0.6 is 22.9 Å². The van der Waals surface area contributed by atoms with Gasteiger partial charge in [-0.2, -0.15) is 0 Å². The Bertz CT molecular complexity index is 1150. The molecule has 2 heterocycles. The third-order valence-corrected chi connectivity index (χ3v) is 6.69. The first kappa shape index (κ1) is 19.3. The van der Waals surface area contributed by atoms with Crippen LogP contribution in [0.3, 0.4) is 0 Å². The highest BCUT2D eigenvalue weighted by Gasteiger charge is 2.52. The maximum absolute atomic E-state index is 14.2. The molecule has 0 radical (unpaired) electrons. The number of carbonyl (C=O) groups excluding carboxylic acids is 1. The molecular weight excluding hydrogens is 429 g/mol. The smallest absolute Gasteiger partial charge is 0.236 e. The van der Waals surface area contributed by atoms with Crippen molar-refractivity contribution in [2.24, 2.45) is 5.73 Å². The lowest BCUT2D eigenvalue weighted by molar-refractivity contribution is -0.118. The molecule has 3 aromatic rings. The van der Waals surface area contributed by atoms with Crippen LogP contribution in [0.15, 0.2) is 42.6 Å². The Hall–Kier alpha value is -2.68. The van der Waals surface area contributed by atoms with Gasteiger partial charge >= 0.3 is 0 Å². The fourth-order valence-electron chi connectivity index (χ4n) is 3.58. The van der Waals surface area contributed by atoms with Gasteiger partial charge in [-0.3, -0.25) is 4.79 Å². The van der Waals surface area contributed by atoms with Crippen molar-refractivity contribution in [2.45, 2.75) is 24.3 Å². The summed E-state index contributed by atoms with van der Waals surface area (Å²) in [7, 11) is 0. The van der Waals surface area contributed by atoms with Crippen LogP contribution in [0, 0.1) is 5.82 Å². The summed E-state index contributed by atoms with van der Waals surface area (Å²) in [6, 6.07) is 9.25. The predicted molar refractivity (Wildman–Crippen MR) is 112 cm³/mol. The number of aromatic nitrogens is 1. The van der Waals surface area contributed by atoms with Crippen LogP contribution in [0.4, 0.5) is 9.52 Å². The Morgan fingerprint density at radius 1 is 1.23 bits per heavy atom. The molecule has 1 aliphatic heterocycles. The van der Waals surface area contributed by atoms with E-state index in [2.05, 4.69) is 10.3 Å². The van der Waals surface area contributed by atoms with Gasteiger partial charge in [0.25, 0.3) is 0 Å². The molecule has 0 spiro atoms. The summed E-state index contributed by atoms with van der Waals surface area (Å²) in [5.74, 6) is 0.726. The van der Waals surface area contributed by atoms with Crippen molar-refractivity contribution >= 4 is 34.0 Å². The molecule has 1 fully saturated rings. The monoisotopic (exact) mass is 445 g/mol. The molecule has 6 nitrogen and oxygen atoms in total. The van der Waals surface area contributed by atoms with E-state index in [9.17, 15) is 9.18 Å². The molecule has 2 aromatic carbocycles. The summed E-state index contributed by atoms with van der Waals surface area (Å²) in [5, 5.41) is 3.61. The van der Waals surface area contributed by atoms with Crippen LogP contribution in [0.2, 0.25) is 5.02 Å². The number of thiazole rings is 1. The van der Waals surface area contributed by atoms with Crippen LogP contribution in [0.5, 0.6) is 11.5 Å². The Labute approximate surface area is 180 Å². The summed E-state index contributed by atoms with van der Waals surface area (Å²) in [6.45, 7) is 0.189. The molecule has 1 saturated carbocycles. The highest BCUT2D eigenvalue weighted by molar-refractivity contribution is 7.15. The molecule has 1 aromatic heterocycles. The number of amides is 1. The number of halogens is 2. The Morgan fingerprint density at radius 3 is 2.80 bits per heavy atom. The van der Waals surface area contributed by atoms with E-state index in [0.717, 1.165) is 18.4 Å². The first-order valence-corrected chi connectivity index (χ1v) is 10.5. The number of hydrogen-bond acceptors (Lipinski definition) is 6. The van der Waals surface area contributed by atoms with E-state index >= 15 is 0 Å². The van der Waals surface area contributed by atoms with Crippen molar-refractivity contribution in [1.82, 2.24) is 4.98 Å². The zero-order valence-corrected chi connectivity index (χ0v) is 17.2. The summed E-state index contributed by atoms with van der Waals surface area (Å²) < 4.78 is 25.0. The van der Waals surface area contributed by atoms with Crippen molar-refractivity contribution in [3.8, 4) is 11.5 Å². The topological polar surface area (TPSA) is 86.5 Å². The van der Waals surface area contributed by atoms with Gasteiger partial charge in [-0.05, 0) is 42.7 Å². The van der Waals surface area contributed by atoms with E-state index in [4.69, 9.17) is 26.8 Å². The minimum atomic E-state index is -0.700. The molecule has 154 valence electrons. The van der Waals surface area contributed by atoms with Gasteiger partial charge < -0.3 is 20.5 Å². The predicted octanol–water partition coefficient (Wildman–Crippen LogP) is 4.38. The number of benzene rings is 2. The van der Waals surface area contributed by atoms with Gasteiger partial charge in [0.15, 0.2) is 16.6 Å². The number of ether oxygens (including phenoxy) is 2. The third-order valence-electron chi connectivity index (χ3n) is 5.46. The molecular formula is C21H17ClFN3O3S. The fraction of sp³-hybridized carbons (Fsp3) is 0.238. The van der Waals surface area contributed by atoms with E-state index in [0.29, 0.717) is 32.1 Å². The molecule has 2 aliphatic rings. The Kier molecular flexibility index (Phi) is 4.65. The van der Waals surface area contributed by atoms with Gasteiger partial charge in [0.2, 0.25) is 12.7 Å². The third kappa shape index (κ3) is 3.30. The second kappa shape index (κ2) is 7.23. The van der Waals surface area contributed by atoms with Gasteiger partial charge in [-0.15, -0.1) is 0 Å². The molecule has 0 saturated heterocycles. The quantitative estimate of drug-likeness (QED) is 0.608. The summed E-state index contributed by atoms with van der Waals surface area (Å²) in [4.78, 5) is 17.9. The van der Waals surface area contributed by atoms with E-state index in [1.807, 2.05) is 18.2 Å². The number of nitrogens with two attached hydrogens (primary N) is 1.